The molecule has 2 aromatic carbocycles. The van der Waals surface area contributed by atoms with Crippen LogP contribution in [0.5, 0.6) is 11.5 Å². The summed E-state index contributed by atoms with van der Waals surface area (Å²) in [4.78, 5) is 21.2. The highest BCUT2D eigenvalue weighted by Crippen LogP contribution is 2.40. The number of halogens is 1. The molecule has 32 heavy (non-hydrogen) atoms. The maximum absolute atomic E-state index is 14.5. The van der Waals surface area contributed by atoms with E-state index in [4.69, 9.17) is 9.47 Å². The third kappa shape index (κ3) is 4.61. The van der Waals surface area contributed by atoms with Gasteiger partial charge in [-0.05, 0) is 49.8 Å². The first-order valence-electron chi connectivity index (χ1n) is 10.3. The molecule has 7 heteroatoms. The van der Waals surface area contributed by atoms with E-state index in [0.717, 1.165) is 22.7 Å². The Morgan fingerprint density at radius 3 is 2.78 bits per heavy atom. The van der Waals surface area contributed by atoms with Gasteiger partial charge in [0.2, 0.25) is 5.91 Å². The van der Waals surface area contributed by atoms with Crippen molar-refractivity contribution in [3.8, 4) is 22.8 Å². The second kappa shape index (κ2) is 9.18. The van der Waals surface area contributed by atoms with Gasteiger partial charge in [-0.15, -0.1) is 0 Å². The molecule has 3 aromatic rings. The van der Waals surface area contributed by atoms with Crippen molar-refractivity contribution in [1.29, 1.82) is 0 Å². The third-order valence-corrected chi connectivity index (χ3v) is 5.30. The molecule has 1 atom stereocenters. The SMILES string of the molecule is COc1ccc(C=CC(=O)NCC2Cc3c(F)ccc(-c4nc(C)cnc4C)c3O2)cc1. The van der Waals surface area contributed by atoms with E-state index < -0.39 is 0 Å². The lowest BCUT2D eigenvalue weighted by Crippen LogP contribution is -2.33. The number of hydrogen-bond acceptors (Lipinski definition) is 5. The molecule has 1 aliphatic rings. The van der Waals surface area contributed by atoms with E-state index in [9.17, 15) is 9.18 Å². The first-order valence-corrected chi connectivity index (χ1v) is 10.3. The van der Waals surface area contributed by atoms with Gasteiger partial charge in [0.15, 0.2) is 0 Å². The van der Waals surface area contributed by atoms with Crippen molar-refractivity contribution in [2.24, 2.45) is 0 Å². The highest BCUT2D eigenvalue weighted by molar-refractivity contribution is 5.91. The number of ether oxygens (including phenoxy) is 2. The Bertz CT molecular complexity index is 1180. The van der Waals surface area contributed by atoms with Crippen molar-refractivity contribution in [1.82, 2.24) is 15.3 Å². The number of nitrogens with one attached hydrogen (secondary N) is 1. The normalized spacial score (nSPS) is 14.8. The van der Waals surface area contributed by atoms with Gasteiger partial charge in [-0.25, -0.2) is 9.37 Å². The standard InChI is InChI=1S/C25H24FN3O3/c1-15-13-27-16(2)24(29-15)20-9-10-22(26)21-12-19(32-25(20)21)14-28-23(30)11-6-17-4-7-18(31-3)8-5-17/h4-11,13,19H,12,14H2,1-3H3,(H,28,30). The number of hydrogen-bond donors (Lipinski definition) is 1. The maximum atomic E-state index is 14.5. The number of methoxy groups -OCH3 is 1. The van der Waals surface area contributed by atoms with Crippen LogP contribution in [0.2, 0.25) is 0 Å². The average molecular weight is 433 g/mol. The molecule has 164 valence electrons. The van der Waals surface area contributed by atoms with E-state index in [1.165, 1.54) is 12.1 Å². The molecule has 0 bridgehead atoms. The minimum Gasteiger partial charge on any atom is -0.497 e. The van der Waals surface area contributed by atoms with Crippen LogP contribution >= 0.6 is 0 Å². The fraction of sp³-hybridized carbons (Fsp3) is 0.240. The lowest BCUT2D eigenvalue weighted by Gasteiger charge is -2.13. The molecule has 6 nitrogen and oxygen atoms in total. The summed E-state index contributed by atoms with van der Waals surface area (Å²) in [6.45, 7) is 3.98. The van der Waals surface area contributed by atoms with Crippen LogP contribution in [0.4, 0.5) is 4.39 Å². The molecular formula is C25H24FN3O3. The highest BCUT2D eigenvalue weighted by Gasteiger charge is 2.30. The molecule has 1 unspecified atom stereocenters. The van der Waals surface area contributed by atoms with Gasteiger partial charge in [0.25, 0.3) is 0 Å². The average Bonchev–Trinajstić information content (AvgIpc) is 3.24. The Morgan fingerprint density at radius 2 is 2.03 bits per heavy atom. The summed E-state index contributed by atoms with van der Waals surface area (Å²) < 4.78 is 25.6. The summed E-state index contributed by atoms with van der Waals surface area (Å²) in [5.74, 6) is 0.653. The predicted molar refractivity (Wildman–Crippen MR) is 120 cm³/mol. The Balaban J connectivity index is 1.43. The predicted octanol–water partition coefficient (Wildman–Crippen LogP) is 4.04. The fourth-order valence-corrected chi connectivity index (χ4v) is 3.62. The Hall–Kier alpha value is -3.74. The summed E-state index contributed by atoms with van der Waals surface area (Å²) >= 11 is 0. The first-order chi connectivity index (χ1) is 15.4. The van der Waals surface area contributed by atoms with Crippen LogP contribution in [0.15, 0.2) is 48.7 Å². The number of carbonyl (C=O) groups is 1. The van der Waals surface area contributed by atoms with Crippen LogP contribution in [0.25, 0.3) is 17.3 Å². The highest BCUT2D eigenvalue weighted by atomic mass is 19.1. The minimum absolute atomic E-state index is 0.249. The van der Waals surface area contributed by atoms with Crippen LogP contribution in [0.3, 0.4) is 0 Å². The molecule has 4 rings (SSSR count). The molecule has 0 fully saturated rings. The maximum Gasteiger partial charge on any atom is 0.244 e. The van der Waals surface area contributed by atoms with Crippen molar-refractivity contribution in [3.05, 3.63) is 77.0 Å². The molecule has 0 aliphatic carbocycles. The van der Waals surface area contributed by atoms with Crippen LogP contribution in [0, 0.1) is 19.7 Å². The largest absolute Gasteiger partial charge is 0.497 e. The number of fused-ring (bicyclic) bond motifs is 1. The number of aromatic nitrogens is 2. The van der Waals surface area contributed by atoms with E-state index in [-0.39, 0.29) is 24.4 Å². The van der Waals surface area contributed by atoms with Gasteiger partial charge in [-0.3, -0.25) is 9.78 Å². The summed E-state index contributed by atoms with van der Waals surface area (Å²) in [5.41, 5.74) is 4.28. The minimum atomic E-state index is -0.364. The third-order valence-electron chi connectivity index (χ3n) is 5.30. The lowest BCUT2D eigenvalue weighted by atomic mass is 10.0. The second-order valence-electron chi connectivity index (χ2n) is 7.64. The van der Waals surface area contributed by atoms with Gasteiger partial charge >= 0.3 is 0 Å². The van der Waals surface area contributed by atoms with Crippen molar-refractivity contribution in [3.63, 3.8) is 0 Å². The van der Waals surface area contributed by atoms with Crippen LogP contribution in [-0.4, -0.2) is 35.6 Å². The Labute approximate surface area is 186 Å². The Morgan fingerprint density at radius 1 is 1.25 bits per heavy atom. The molecule has 2 heterocycles. The smallest absolute Gasteiger partial charge is 0.244 e. The van der Waals surface area contributed by atoms with E-state index in [2.05, 4.69) is 15.3 Å². The van der Waals surface area contributed by atoms with Crippen molar-refractivity contribution in [2.75, 3.05) is 13.7 Å². The molecular weight excluding hydrogens is 409 g/mol. The van der Waals surface area contributed by atoms with E-state index >= 15 is 0 Å². The zero-order valence-electron chi connectivity index (χ0n) is 18.2. The molecule has 0 saturated heterocycles. The summed E-state index contributed by atoms with van der Waals surface area (Å²) in [7, 11) is 1.60. The van der Waals surface area contributed by atoms with Crippen molar-refractivity contribution in [2.45, 2.75) is 26.4 Å². The topological polar surface area (TPSA) is 73.3 Å². The van der Waals surface area contributed by atoms with Gasteiger partial charge in [-0.2, -0.15) is 0 Å². The Kier molecular flexibility index (Phi) is 6.16. The number of rotatable bonds is 6. The number of carbonyl (C=O) groups excluding carboxylic acids is 1. The molecule has 0 spiro atoms. The van der Waals surface area contributed by atoms with E-state index in [0.29, 0.717) is 29.0 Å². The molecule has 1 N–H and O–H groups in total. The summed E-state index contributed by atoms with van der Waals surface area (Å²) in [5, 5.41) is 2.83. The number of benzene rings is 2. The van der Waals surface area contributed by atoms with Gasteiger partial charge in [0.1, 0.15) is 23.4 Å². The summed E-state index contributed by atoms with van der Waals surface area (Å²) in [6.07, 6.45) is 4.88. The second-order valence-corrected chi connectivity index (χ2v) is 7.64. The van der Waals surface area contributed by atoms with Gasteiger partial charge in [0.05, 0.1) is 30.7 Å². The molecule has 1 aliphatic heterocycles. The van der Waals surface area contributed by atoms with Crippen LogP contribution in [-0.2, 0) is 11.2 Å². The van der Waals surface area contributed by atoms with Crippen molar-refractivity contribution >= 4 is 12.0 Å². The lowest BCUT2D eigenvalue weighted by molar-refractivity contribution is -0.116. The van der Waals surface area contributed by atoms with Crippen LogP contribution < -0.4 is 14.8 Å². The monoisotopic (exact) mass is 433 g/mol. The zero-order chi connectivity index (χ0) is 22.7. The van der Waals surface area contributed by atoms with Gasteiger partial charge in [0, 0.05) is 29.8 Å². The fourth-order valence-electron chi connectivity index (χ4n) is 3.62. The van der Waals surface area contributed by atoms with Gasteiger partial charge in [-0.1, -0.05) is 12.1 Å². The van der Waals surface area contributed by atoms with Gasteiger partial charge < -0.3 is 14.8 Å². The number of aryl methyl sites for hydroxylation is 2. The molecule has 0 saturated carbocycles. The van der Waals surface area contributed by atoms with E-state index in [1.807, 2.05) is 38.1 Å². The van der Waals surface area contributed by atoms with Crippen LogP contribution in [0.1, 0.15) is 22.5 Å². The number of amides is 1. The van der Waals surface area contributed by atoms with Crippen molar-refractivity contribution < 1.29 is 18.7 Å². The summed E-state index contributed by atoms with van der Waals surface area (Å²) in [6, 6.07) is 10.5. The molecule has 1 amide bonds. The zero-order valence-corrected chi connectivity index (χ0v) is 18.2. The first kappa shape index (κ1) is 21.5. The molecule has 0 radical (unpaired) electrons. The van der Waals surface area contributed by atoms with E-state index in [1.54, 1.807) is 25.4 Å². The quantitative estimate of drug-likeness (QED) is 0.594. The molecule has 1 aromatic heterocycles. The number of nitrogens with zero attached hydrogens (tertiary/aromatic N) is 2.